The summed E-state index contributed by atoms with van der Waals surface area (Å²) in [6.07, 6.45) is -5.64. The Labute approximate surface area is 198 Å². The average molecular weight is 488 g/mol. The molecule has 2 aromatic carbocycles. The van der Waals surface area contributed by atoms with Crippen LogP contribution in [0.2, 0.25) is 0 Å². The van der Waals surface area contributed by atoms with Crippen molar-refractivity contribution in [2.75, 3.05) is 10.6 Å². The normalized spacial score (nSPS) is 11.6. The van der Waals surface area contributed by atoms with E-state index in [-0.39, 0.29) is 5.69 Å². The topological polar surface area (TPSA) is 109 Å². The number of hydrogen-bond acceptors (Lipinski definition) is 5. The van der Waals surface area contributed by atoms with Crippen LogP contribution in [0.4, 0.5) is 29.3 Å². The molecule has 0 saturated carbocycles. The number of carbonyl (C=O) groups is 3. The third-order valence-corrected chi connectivity index (χ3v) is 4.51. The van der Waals surface area contributed by atoms with E-state index in [0.29, 0.717) is 27.8 Å². The molecule has 3 rings (SSSR count). The summed E-state index contributed by atoms with van der Waals surface area (Å²) in [6.45, 7) is 4.81. The van der Waals surface area contributed by atoms with E-state index in [4.69, 9.17) is 4.74 Å². The molecule has 0 atom stereocenters. The van der Waals surface area contributed by atoms with E-state index in [9.17, 15) is 27.6 Å². The third kappa shape index (κ3) is 7.16. The number of para-hydroxylation sites is 2. The monoisotopic (exact) mass is 488 g/mol. The molecule has 0 radical (unpaired) electrons. The molecule has 0 aliphatic heterocycles. The smallest absolute Gasteiger partial charge is 0.444 e. The number of fused-ring (bicyclic) bond motifs is 1. The van der Waals surface area contributed by atoms with Gasteiger partial charge in [-0.25, -0.2) is 4.79 Å². The molecular formula is C24H23F3N4O4. The van der Waals surface area contributed by atoms with Crippen molar-refractivity contribution in [2.24, 2.45) is 0 Å². The highest BCUT2D eigenvalue weighted by Gasteiger charge is 2.38. The fourth-order valence-electron chi connectivity index (χ4n) is 2.99. The van der Waals surface area contributed by atoms with Crippen molar-refractivity contribution in [1.82, 2.24) is 10.3 Å². The Morgan fingerprint density at radius 2 is 1.57 bits per heavy atom. The maximum atomic E-state index is 12.8. The van der Waals surface area contributed by atoms with Crippen molar-refractivity contribution in [1.29, 1.82) is 0 Å². The van der Waals surface area contributed by atoms with E-state index in [0.717, 1.165) is 0 Å². The predicted molar refractivity (Wildman–Crippen MR) is 124 cm³/mol. The minimum absolute atomic E-state index is 0.231. The van der Waals surface area contributed by atoms with Crippen molar-refractivity contribution in [3.63, 3.8) is 0 Å². The molecule has 0 spiro atoms. The van der Waals surface area contributed by atoms with Crippen LogP contribution in [0.25, 0.3) is 10.9 Å². The van der Waals surface area contributed by atoms with Gasteiger partial charge in [0.15, 0.2) is 0 Å². The summed E-state index contributed by atoms with van der Waals surface area (Å²) in [4.78, 5) is 40.1. The van der Waals surface area contributed by atoms with Crippen molar-refractivity contribution in [3.05, 3.63) is 65.9 Å². The zero-order chi connectivity index (χ0) is 25.8. The SMILES string of the molecule is CC(C)(C)OC(=O)Nc1ccccc1NC(=O)c1ccc2nc(CNC(=O)C(F)(F)F)ccc2c1. The number of aromatic nitrogens is 1. The second-order valence-corrected chi connectivity index (χ2v) is 8.52. The number of anilines is 2. The van der Waals surface area contributed by atoms with Crippen molar-refractivity contribution >= 4 is 40.2 Å². The molecule has 0 bridgehead atoms. The van der Waals surface area contributed by atoms with Crippen LogP contribution in [0.1, 0.15) is 36.8 Å². The van der Waals surface area contributed by atoms with Crippen LogP contribution in [-0.4, -0.2) is 34.7 Å². The second kappa shape index (κ2) is 10.00. The van der Waals surface area contributed by atoms with E-state index >= 15 is 0 Å². The van der Waals surface area contributed by atoms with Crippen molar-refractivity contribution in [2.45, 2.75) is 39.1 Å². The number of halogens is 3. The number of nitrogens with one attached hydrogen (secondary N) is 3. The second-order valence-electron chi connectivity index (χ2n) is 8.52. The summed E-state index contributed by atoms with van der Waals surface area (Å²) in [6, 6.07) is 14.3. The first-order chi connectivity index (χ1) is 16.3. The largest absolute Gasteiger partial charge is 0.471 e. The van der Waals surface area contributed by atoms with Gasteiger partial charge in [-0.15, -0.1) is 0 Å². The van der Waals surface area contributed by atoms with E-state index in [1.54, 1.807) is 68.6 Å². The lowest BCUT2D eigenvalue weighted by atomic mass is 10.1. The molecule has 0 saturated heterocycles. The van der Waals surface area contributed by atoms with Gasteiger partial charge < -0.3 is 15.4 Å². The molecule has 3 N–H and O–H groups in total. The summed E-state index contributed by atoms with van der Waals surface area (Å²) in [5, 5.41) is 7.67. The summed E-state index contributed by atoms with van der Waals surface area (Å²) >= 11 is 0. The Morgan fingerprint density at radius 1 is 0.914 bits per heavy atom. The molecule has 0 aliphatic carbocycles. The lowest BCUT2D eigenvalue weighted by Gasteiger charge is -2.20. The molecule has 0 aliphatic rings. The lowest BCUT2D eigenvalue weighted by Crippen LogP contribution is -2.36. The van der Waals surface area contributed by atoms with E-state index in [1.165, 1.54) is 12.1 Å². The molecule has 1 heterocycles. The van der Waals surface area contributed by atoms with Crippen LogP contribution >= 0.6 is 0 Å². The van der Waals surface area contributed by atoms with Gasteiger partial charge in [-0.1, -0.05) is 18.2 Å². The summed E-state index contributed by atoms with van der Waals surface area (Å²) in [5.74, 6) is -2.50. The van der Waals surface area contributed by atoms with Gasteiger partial charge >= 0.3 is 18.2 Å². The number of nitrogens with zero attached hydrogens (tertiary/aromatic N) is 1. The highest BCUT2D eigenvalue weighted by atomic mass is 19.4. The van der Waals surface area contributed by atoms with Crippen LogP contribution in [0.15, 0.2) is 54.6 Å². The molecule has 11 heteroatoms. The van der Waals surface area contributed by atoms with Gasteiger partial charge in [-0.2, -0.15) is 13.2 Å². The Kier molecular flexibility index (Phi) is 7.28. The first-order valence-electron chi connectivity index (χ1n) is 10.5. The number of ether oxygens (including phenoxy) is 1. The molecule has 1 aromatic heterocycles. The van der Waals surface area contributed by atoms with Gasteiger partial charge in [0.2, 0.25) is 0 Å². The number of benzene rings is 2. The van der Waals surface area contributed by atoms with Gasteiger partial charge in [-0.05, 0) is 57.2 Å². The molecule has 8 nitrogen and oxygen atoms in total. The van der Waals surface area contributed by atoms with Crippen LogP contribution < -0.4 is 16.0 Å². The van der Waals surface area contributed by atoms with Gasteiger partial charge in [0.25, 0.3) is 5.91 Å². The minimum Gasteiger partial charge on any atom is -0.444 e. The fourth-order valence-corrected chi connectivity index (χ4v) is 2.99. The van der Waals surface area contributed by atoms with E-state index in [1.807, 2.05) is 0 Å². The number of pyridine rings is 1. The predicted octanol–water partition coefficient (Wildman–Crippen LogP) is 5.01. The highest BCUT2D eigenvalue weighted by molar-refractivity contribution is 6.08. The van der Waals surface area contributed by atoms with Crippen molar-refractivity contribution < 1.29 is 32.3 Å². The van der Waals surface area contributed by atoms with Gasteiger partial charge in [0.1, 0.15) is 5.60 Å². The fraction of sp³-hybridized carbons (Fsp3) is 0.250. The molecule has 3 aromatic rings. The number of alkyl halides is 3. The molecule has 184 valence electrons. The number of hydrogen-bond donors (Lipinski definition) is 3. The summed E-state index contributed by atoms with van der Waals surface area (Å²) in [5.41, 5.74) is 0.984. The van der Waals surface area contributed by atoms with Gasteiger partial charge in [0, 0.05) is 10.9 Å². The number of rotatable bonds is 5. The summed E-state index contributed by atoms with van der Waals surface area (Å²) in [7, 11) is 0. The first-order valence-corrected chi connectivity index (χ1v) is 10.5. The van der Waals surface area contributed by atoms with Crippen LogP contribution in [0.3, 0.4) is 0 Å². The van der Waals surface area contributed by atoms with Crippen LogP contribution in [0.5, 0.6) is 0 Å². The first kappa shape index (κ1) is 25.5. The molecule has 0 unspecified atom stereocenters. The summed E-state index contributed by atoms with van der Waals surface area (Å²) < 4.78 is 42.3. The standard InChI is InChI=1S/C24H23F3N4O4/c1-23(2,3)35-22(34)31-19-7-5-4-6-18(19)30-20(32)15-9-11-17-14(12-15)8-10-16(29-17)13-28-21(33)24(25,26)27/h4-12H,13H2,1-3H3,(H,28,33)(H,30,32)(H,31,34). The Balaban J connectivity index is 1.72. The molecular weight excluding hydrogens is 465 g/mol. The zero-order valence-electron chi connectivity index (χ0n) is 19.1. The Morgan fingerprint density at radius 3 is 2.20 bits per heavy atom. The molecule has 3 amide bonds. The maximum Gasteiger partial charge on any atom is 0.471 e. The molecule has 35 heavy (non-hydrogen) atoms. The quantitative estimate of drug-likeness (QED) is 0.468. The maximum absolute atomic E-state index is 12.8. The van der Waals surface area contributed by atoms with Gasteiger partial charge in [-0.3, -0.25) is 19.9 Å². The zero-order valence-corrected chi connectivity index (χ0v) is 19.1. The van der Waals surface area contributed by atoms with E-state index in [2.05, 4.69) is 15.6 Å². The molecule has 0 fully saturated rings. The Hall–Kier alpha value is -4.15. The highest BCUT2D eigenvalue weighted by Crippen LogP contribution is 2.24. The number of carbonyl (C=O) groups excluding carboxylic acids is 3. The van der Waals surface area contributed by atoms with Crippen LogP contribution in [-0.2, 0) is 16.1 Å². The lowest BCUT2D eigenvalue weighted by molar-refractivity contribution is -0.173. The van der Waals surface area contributed by atoms with Crippen molar-refractivity contribution in [3.8, 4) is 0 Å². The van der Waals surface area contributed by atoms with Gasteiger partial charge in [0.05, 0.1) is 29.1 Å². The third-order valence-electron chi connectivity index (χ3n) is 4.51. The number of amides is 3. The van der Waals surface area contributed by atoms with E-state index < -0.39 is 36.2 Å². The van der Waals surface area contributed by atoms with Crippen LogP contribution in [0, 0.1) is 0 Å². The minimum atomic E-state index is -4.97. The average Bonchev–Trinajstić information content (AvgIpc) is 2.76. The Bertz CT molecular complexity index is 1270.